The van der Waals surface area contributed by atoms with Crippen molar-refractivity contribution in [3.05, 3.63) is 74.5 Å². The number of hydrogen-bond donors (Lipinski definition) is 0. The number of ketones is 1. The highest BCUT2D eigenvalue weighted by atomic mass is 35.5. The maximum absolute atomic E-state index is 12.8. The Bertz CT molecular complexity index is 776. The Balaban J connectivity index is 2.05. The molecule has 0 radical (unpaired) electrons. The van der Waals surface area contributed by atoms with Crippen LogP contribution >= 0.6 is 11.6 Å². The normalized spacial score (nSPS) is 10.2. The number of rotatable bonds is 5. The number of halogens is 2. The van der Waals surface area contributed by atoms with Crippen molar-refractivity contribution >= 4 is 29.0 Å². The largest absolute Gasteiger partial charge is 0.454 e. The number of esters is 1. The van der Waals surface area contributed by atoms with Gasteiger partial charge in [0.25, 0.3) is 5.69 Å². The lowest BCUT2D eigenvalue weighted by Crippen LogP contribution is -2.14. The summed E-state index contributed by atoms with van der Waals surface area (Å²) in [7, 11) is 0. The first kappa shape index (κ1) is 16.6. The van der Waals surface area contributed by atoms with Crippen LogP contribution in [0.3, 0.4) is 0 Å². The molecule has 2 rings (SSSR count). The van der Waals surface area contributed by atoms with E-state index in [0.717, 1.165) is 18.2 Å². The molecule has 118 valence electrons. The van der Waals surface area contributed by atoms with Crippen molar-refractivity contribution in [3.8, 4) is 0 Å². The van der Waals surface area contributed by atoms with Crippen molar-refractivity contribution < 1.29 is 23.6 Å². The molecule has 2 aromatic carbocycles. The first-order valence-electron chi connectivity index (χ1n) is 6.28. The second kappa shape index (κ2) is 6.97. The third-order valence-corrected chi connectivity index (χ3v) is 3.20. The molecule has 6 nitrogen and oxygen atoms in total. The number of Topliss-reactive ketones (excluding diaryl/α,β-unsaturated/α-hetero) is 1. The summed E-state index contributed by atoms with van der Waals surface area (Å²) < 4.78 is 17.6. The summed E-state index contributed by atoms with van der Waals surface area (Å²) >= 11 is 5.64. The molecule has 8 heteroatoms. The summed E-state index contributed by atoms with van der Waals surface area (Å²) in [5, 5.41) is 10.6. The van der Waals surface area contributed by atoms with Crippen LogP contribution in [0.25, 0.3) is 0 Å². The van der Waals surface area contributed by atoms with E-state index in [2.05, 4.69) is 0 Å². The number of nitrogens with zero attached hydrogens (tertiary/aromatic N) is 1. The van der Waals surface area contributed by atoms with E-state index in [4.69, 9.17) is 16.3 Å². The van der Waals surface area contributed by atoms with E-state index in [1.165, 1.54) is 24.3 Å². The highest BCUT2D eigenvalue weighted by Crippen LogP contribution is 2.25. The Hall–Kier alpha value is -2.80. The molecule has 0 aromatic heterocycles. The van der Waals surface area contributed by atoms with Crippen LogP contribution in [0.4, 0.5) is 10.1 Å². The molecule has 23 heavy (non-hydrogen) atoms. The van der Waals surface area contributed by atoms with Gasteiger partial charge in [0.05, 0.1) is 10.5 Å². The van der Waals surface area contributed by atoms with Crippen LogP contribution in [0.5, 0.6) is 0 Å². The predicted molar refractivity (Wildman–Crippen MR) is 79.1 cm³/mol. The fourth-order valence-corrected chi connectivity index (χ4v) is 1.90. The Morgan fingerprint density at radius 3 is 2.35 bits per heavy atom. The zero-order valence-corrected chi connectivity index (χ0v) is 12.2. The minimum absolute atomic E-state index is 0.104. The molecule has 0 aliphatic carbocycles. The van der Waals surface area contributed by atoms with Gasteiger partial charge in [-0.05, 0) is 36.4 Å². The van der Waals surface area contributed by atoms with Gasteiger partial charge in [0, 0.05) is 11.6 Å². The van der Waals surface area contributed by atoms with Gasteiger partial charge >= 0.3 is 5.97 Å². The number of hydrogen-bond acceptors (Lipinski definition) is 5. The van der Waals surface area contributed by atoms with Crippen LogP contribution in [-0.4, -0.2) is 23.3 Å². The molecule has 0 fully saturated rings. The summed E-state index contributed by atoms with van der Waals surface area (Å²) in [6.07, 6.45) is 0. The van der Waals surface area contributed by atoms with E-state index >= 15 is 0 Å². The molecule has 0 amide bonds. The van der Waals surface area contributed by atoms with Crippen LogP contribution in [0, 0.1) is 15.9 Å². The van der Waals surface area contributed by atoms with Crippen molar-refractivity contribution in [3.63, 3.8) is 0 Å². The van der Waals surface area contributed by atoms with E-state index in [-0.39, 0.29) is 16.1 Å². The van der Waals surface area contributed by atoms with E-state index in [1.807, 2.05) is 0 Å². The predicted octanol–water partition coefficient (Wildman–Crippen LogP) is 3.43. The van der Waals surface area contributed by atoms with Crippen LogP contribution < -0.4 is 0 Å². The second-order valence-electron chi connectivity index (χ2n) is 4.43. The fraction of sp³-hybridized carbons (Fsp3) is 0.0667. The first-order valence-corrected chi connectivity index (χ1v) is 6.66. The second-order valence-corrected chi connectivity index (χ2v) is 4.84. The highest BCUT2D eigenvalue weighted by molar-refractivity contribution is 6.32. The zero-order chi connectivity index (χ0) is 17.0. The van der Waals surface area contributed by atoms with Crippen molar-refractivity contribution in [2.75, 3.05) is 6.61 Å². The number of nitro benzene ring substituents is 1. The maximum atomic E-state index is 12.8. The molecule has 0 saturated carbocycles. The van der Waals surface area contributed by atoms with Gasteiger partial charge in [-0.15, -0.1) is 0 Å². The first-order chi connectivity index (χ1) is 10.9. The Morgan fingerprint density at radius 1 is 1.13 bits per heavy atom. The Morgan fingerprint density at radius 2 is 1.74 bits per heavy atom. The quantitative estimate of drug-likeness (QED) is 0.361. The van der Waals surface area contributed by atoms with Gasteiger partial charge in [-0.1, -0.05) is 11.6 Å². The molecule has 0 bridgehead atoms. The minimum atomic E-state index is -0.903. The van der Waals surface area contributed by atoms with Gasteiger partial charge in [0.1, 0.15) is 10.8 Å². The molecule has 2 aromatic rings. The molecule has 0 heterocycles. The third kappa shape index (κ3) is 4.10. The number of ether oxygens (including phenoxy) is 1. The summed E-state index contributed by atoms with van der Waals surface area (Å²) in [4.78, 5) is 33.6. The lowest BCUT2D eigenvalue weighted by molar-refractivity contribution is -0.384. The standard InChI is InChI=1S/C15H9ClFNO5/c16-12-6-3-10(7-13(12)18(21)22)15(20)23-8-14(19)9-1-4-11(17)5-2-9/h1-7H,8H2. The SMILES string of the molecule is O=C(COC(=O)c1ccc(Cl)c([N+](=O)[O-])c1)c1ccc(F)cc1. The van der Waals surface area contributed by atoms with Gasteiger partial charge in [0.2, 0.25) is 0 Å². The van der Waals surface area contributed by atoms with Crippen LogP contribution in [0.2, 0.25) is 5.02 Å². The third-order valence-electron chi connectivity index (χ3n) is 2.88. The maximum Gasteiger partial charge on any atom is 0.338 e. The molecule has 0 aliphatic heterocycles. The van der Waals surface area contributed by atoms with Crippen LogP contribution in [0.1, 0.15) is 20.7 Å². The van der Waals surface area contributed by atoms with E-state index < -0.39 is 34.8 Å². The summed E-state index contributed by atoms with van der Waals surface area (Å²) in [6.45, 7) is -0.569. The van der Waals surface area contributed by atoms with Crippen LogP contribution in [0.15, 0.2) is 42.5 Å². The highest BCUT2D eigenvalue weighted by Gasteiger charge is 2.18. The molecule has 0 N–H and O–H groups in total. The van der Waals surface area contributed by atoms with Crippen molar-refractivity contribution in [1.82, 2.24) is 0 Å². The fourth-order valence-electron chi connectivity index (χ4n) is 1.71. The lowest BCUT2D eigenvalue weighted by Gasteiger charge is -2.05. The van der Waals surface area contributed by atoms with Crippen molar-refractivity contribution in [1.29, 1.82) is 0 Å². The number of carbonyl (C=O) groups excluding carboxylic acids is 2. The monoisotopic (exact) mass is 337 g/mol. The average Bonchev–Trinajstić information content (AvgIpc) is 2.53. The minimum Gasteiger partial charge on any atom is -0.454 e. The number of benzene rings is 2. The Labute approximate surface area is 134 Å². The molecular formula is C15H9ClFNO5. The zero-order valence-electron chi connectivity index (χ0n) is 11.5. The molecular weight excluding hydrogens is 329 g/mol. The van der Waals surface area contributed by atoms with E-state index in [1.54, 1.807) is 0 Å². The van der Waals surface area contributed by atoms with Gasteiger partial charge < -0.3 is 4.74 Å². The van der Waals surface area contributed by atoms with Gasteiger partial charge in [-0.2, -0.15) is 0 Å². The van der Waals surface area contributed by atoms with Crippen molar-refractivity contribution in [2.45, 2.75) is 0 Å². The summed E-state index contributed by atoms with van der Waals surface area (Å²) in [5.41, 5.74) is -0.361. The smallest absolute Gasteiger partial charge is 0.338 e. The van der Waals surface area contributed by atoms with Crippen molar-refractivity contribution in [2.24, 2.45) is 0 Å². The topological polar surface area (TPSA) is 86.5 Å². The molecule has 0 spiro atoms. The summed E-state index contributed by atoms with van der Waals surface area (Å²) in [5.74, 6) is -1.92. The number of nitro groups is 1. The number of carbonyl (C=O) groups is 2. The average molecular weight is 338 g/mol. The molecule has 0 saturated heterocycles. The molecule has 0 unspecified atom stereocenters. The lowest BCUT2D eigenvalue weighted by atomic mass is 10.1. The van der Waals surface area contributed by atoms with Crippen LogP contribution in [-0.2, 0) is 4.74 Å². The molecule has 0 aliphatic rings. The Kier molecular flexibility index (Phi) is 5.02. The summed E-state index contributed by atoms with van der Waals surface area (Å²) in [6, 6.07) is 8.15. The van der Waals surface area contributed by atoms with Gasteiger partial charge in [-0.3, -0.25) is 14.9 Å². The molecule has 0 atom stereocenters. The van der Waals surface area contributed by atoms with E-state index in [9.17, 15) is 24.1 Å². The van der Waals surface area contributed by atoms with Gasteiger partial charge in [-0.25, -0.2) is 9.18 Å². The van der Waals surface area contributed by atoms with E-state index in [0.29, 0.717) is 0 Å². The van der Waals surface area contributed by atoms with Gasteiger partial charge in [0.15, 0.2) is 12.4 Å².